The number of hydrogen-bond donors (Lipinski definition) is 1. The molecule has 156 valence electrons. The summed E-state index contributed by atoms with van der Waals surface area (Å²) in [6.45, 7) is -0.995. The highest BCUT2D eigenvalue weighted by atomic mass is 19.3. The van der Waals surface area contributed by atoms with Crippen LogP contribution in [0.25, 0.3) is 0 Å². The predicted molar refractivity (Wildman–Crippen MR) is 113 cm³/mol. The Labute approximate surface area is 175 Å². The molecule has 0 saturated heterocycles. The van der Waals surface area contributed by atoms with E-state index in [0.29, 0.717) is 0 Å². The highest BCUT2D eigenvalue weighted by Gasteiger charge is 2.27. The van der Waals surface area contributed by atoms with Crippen molar-refractivity contribution >= 4 is 11.6 Å². The van der Waals surface area contributed by atoms with Crippen molar-refractivity contribution < 1.29 is 23.6 Å². The molecule has 0 aliphatic rings. The predicted octanol–water partition coefficient (Wildman–Crippen LogP) is 3.99. The molecule has 0 saturated carbocycles. The molecular weight excluding hydrogens is 386 g/mol. The van der Waals surface area contributed by atoms with Crippen molar-refractivity contribution in [2.24, 2.45) is 0 Å². The molecule has 1 amide bonds. The van der Waals surface area contributed by atoms with Gasteiger partial charge >= 0.3 is 6.61 Å². The molecule has 30 heavy (non-hydrogen) atoms. The average molecular weight is 411 g/mol. The molecule has 0 radical (unpaired) electrons. The molecule has 3 aromatic carbocycles. The molecule has 4 nitrogen and oxygen atoms in total. The van der Waals surface area contributed by atoms with E-state index in [0.717, 1.165) is 16.8 Å². The SMILES string of the molecule is C[C@H]([NH2+][C@H](c1ccccc1)c1ccc(OC(F)F)cc1)C(=O)N(C)c1ccccc1. The fraction of sp³-hybridized carbons (Fsp3) is 0.208. The molecule has 2 atom stereocenters. The van der Waals surface area contributed by atoms with Crippen LogP contribution in [-0.2, 0) is 4.79 Å². The summed E-state index contributed by atoms with van der Waals surface area (Å²) in [6.07, 6.45) is 0. The lowest BCUT2D eigenvalue weighted by Gasteiger charge is -2.24. The fourth-order valence-electron chi connectivity index (χ4n) is 3.39. The fourth-order valence-corrected chi connectivity index (χ4v) is 3.39. The van der Waals surface area contributed by atoms with Gasteiger partial charge in [0.1, 0.15) is 11.8 Å². The molecule has 0 heterocycles. The van der Waals surface area contributed by atoms with Gasteiger partial charge in [0, 0.05) is 23.9 Å². The minimum absolute atomic E-state index is 0.0280. The van der Waals surface area contributed by atoms with Crippen molar-refractivity contribution in [3.63, 3.8) is 0 Å². The van der Waals surface area contributed by atoms with Crippen molar-refractivity contribution in [1.82, 2.24) is 0 Å². The number of rotatable bonds is 8. The highest BCUT2D eigenvalue weighted by molar-refractivity contribution is 5.95. The van der Waals surface area contributed by atoms with Gasteiger partial charge in [0.25, 0.3) is 5.91 Å². The van der Waals surface area contributed by atoms with Crippen LogP contribution in [0.3, 0.4) is 0 Å². The minimum atomic E-state index is -2.86. The molecule has 0 fully saturated rings. The van der Waals surface area contributed by atoms with Crippen LogP contribution in [0.2, 0.25) is 0 Å². The first kappa shape index (κ1) is 21.5. The minimum Gasteiger partial charge on any atom is -0.435 e. The number of hydrogen-bond acceptors (Lipinski definition) is 2. The second kappa shape index (κ2) is 9.98. The Morgan fingerprint density at radius 3 is 1.97 bits per heavy atom. The van der Waals surface area contributed by atoms with Gasteiger partial charge in [-0.05, 0) is 43.3 Å². The Morgan fingerprint density at radius 2 is 1.40 bits per heavy atom. The van der Waals surface area contributed by atoms with E-state index in [1.807, 2.05) is 72.9 Å². The summed E-state index contributed by atoms with van der Waals surface area (Å²) < 4.78 is 29.4. The average Bonchev–Trinajstić information content (AvgIpc) is 2.77. The van der Waals surface area contributed by atoms with Crippen LogP contribution < -0.4 is 15.0 Å². The number of alkyl halides is 2. The monoisotopic (exact) mass is 411 g/mol. The normalized spacial score (nSPS) is 13.0. The Kier molecular flexibility index (Phi) is 7.14. The van der Waals surface area contributed by atoms with Gasteiger partial charge in [-0.2, -0.15) is 8.78 Å². The van der Waals surface area contributed by atoms with Crippen molar-refractivity contribution in [2.75, 3.05) is 11.9 Å². The second-order valence-electron chi connectivity index (χ2n) is 7.05. The Hall–Kier alpha value is -3.25. The van der Waals surface area contributed by atoms with Crippen LogP contribution in [0, 0.1) is 0 Å². The molecule has 3 aromatic rings. The Balaban J connectivity index is 1.82. The number of carbonyl (C=O) groups is 1. The third-order valence-corrected chi connectivity index (χ3v) is 4.97. The van der Waals surface area contributed by atoms with E-state index in [-0.39, 0.29) is 23.7 Å². The van der Waals surface area contributed by atoms with Crippen LogP contribution in [0.4, 0.5) is 14.5 Å². The number of quaternary nitrogens is 1. The number of benzene rings is 3. The lowest BCUT2D eigenvalue weighted by Crippen LogP contribution is -2.92. The van der Waals surface area contributed by atoms with Crippen molar-refractivity contribution in [2.45, 2.75) is 25.6 Å². The standard InChI is InChI=1S/C24H24F2N2O2/c1-17(23(29)28(2)20-11-7-4-8-12-20)27-22(18-9-5-3-6-10-18)19-13-15-21(16-14-19)30-24(25)26/h3-17,22,24,27H,1-2H3/p+1/t17-,22+/m0/s1. The third-order valence-electron chi connectivity index (χ3n) is 4.97. The zero-order chi connectivity index (χ0) is 21.5. The lowest BCUT2D eigenvalue weighted by atomic mass is 9.97. The number of likely N-dealkylation sites (N-methyl/N-ethyl adjacent to an activating group) is 1. The molecule has 6 heteroatoms. The number of nitrogens with two attached hydrogens (primary N) is 1. The number of carbonyl (C=O) groups excluding carboxylic acids is 1. The number of para-hydroxylation sites is 1. The molecule has 0 bridgehead atoms. The van der Waals surface area contributed by atoms with Gasteiger partial charge in [-0.25, -0.2) is 0 Å². The highest BCUT2D eigenvalue weighted by Crippen LogP contribution is 2.22. The van der Waals surface area contributed by atoms with E-state index in [1.165, 1.54) is 12.1 Å². The maximum atomic E-state index is 13.0. The number of ether oxygens (including phenoxy) is 1. The Morgan fingerprint density at radius 1 is 0.867 bits per heavy atom. The van der Waals surface area contributed by atoms with Crippen molar-refractivity contribution in [3.05, 3.63) is 96.1 Å². The van der Waals surface area contributed by atoms with Gasteiger partial charge in [-0.15, -0.1) is 0 Å². The Bertz CT molecular complexity index is 934. The van der Waals surface area contributed by atoms with Crippen LogP contribution >= 0.6 is 0 Å². The molecule has 2 N–H and O–H groups in total. The summed E-state index contributed by atoms with van der Waals surface area (Å²) in [7, 11) is 1.76. The molecule has 3 rings (SSSR count). The van der Waals surface area contributed by atoms with Crippen LogP contribution in [0.5, 0.6) is 5.75 Å². The van der Waals surface area contributed by atoms with Gasteiger partial charge in [0.2, 0.25) is 0 Å². The number of amides is 1. The first-order valence-corrected chi connectivity index (χ1v) is 9.73. The van der Waals surface area contributed by atoms with E-state index in [4.69, 9.17) is 0 Å². The van der Waals surface area contributed by atoms with Crippen LogP contribution in [0.15, 0.2) is 84.9 Å². The molecule has 0 aliphatic heterocycles. The molecule has 0 aromatic heterocycles. The number of halogens is 2. The summed E-state index contributed by atoms with van der Waals surface area (Å²) in [5.41, 5.74) is 2.74. The van der Waals surface area contributed by atoms with E-state index in [9.17, 15) is 13.6 Å². The first-order valence-electron chi connectivity index (χ1n) is 9.73. The van der Waals surface area contributed by atoms with Crippen LogP contribution in [0.1, 0.15) is 24.1 Å². The molecular formula is C24H25F2N2O2+. The largest absolute Gasteiger partial charge is 0.435 e. The summed E-state index contributed by atoms with van der Waals surface area (Å²) in [5.74, 6) is 0.0771. The maximum absolute atomic E-state index is 13.0. The van der Waals surface area contributed by atoms with Gasteiger partial charge in [0.15, 0.2) is 6.04 Å². The number of anilines is 1. The summed E-state index contributed by atoms with van der Waals surface area (Å²) in [4.78, 5) is 14.6. The first-order chi connectivity index (χ1) is 14.5. The van der Waals surface area contributed by atoms with E-state index in [2.05, 4.69) is 4.74 Å². The van der Waals surface area contributed by atoms with Gasteiger partial charge in [-0.1, -0.05) is 48.5 Å². The zero-order valence-corrected chi connectivity index (χ0v) is 16.9. The zero-order valence-electron chi connectivity index (χ0n) is 16.9. The topological polar surface area (TPSA) is 46.1 Å². The molecule has 0 unspecified atom stereocenters. The van der Waals surface area contributed by atoms with Gasteiger partial charge in [0.05, 0.1) is 0 Å². The van der Waals surface area contributed by atoms with E-state index in [1.54, 1.807) is 24.1 Å². The molecule has 0 spiro atoms. The van der Waals surface area contributed by atoms with Crippen molar-refractivity contribution in [3.8, 4) is 5.75 Å². The second-order valence-corrected chi connectivity index (χ2v) is 7.05. The van der Waals surface area contributed by atoms with Crippen LogP contribution in [-0.4, -0.2) is 25.6 Å². The van der Waals surface area contributed by atoms with Gasteiger partial charge < -0.3 is 15.0 Å². The third kappa shape index (κ3) is 5.42. The van der Waals surface area contributed by atoms with Crippen molar-refractivity contribution in [1.29, 1.82) is 0 Å². The lowest BCUT2D eigenvalue weighted by molar-refractivity contribution is -0.704. The quantitative estimate of drug-likeness (QED) is 0.609. The number of nitrogens with zero attached hydrogens (tertiary/aromatic N) is 1. The van der Waals surface area contributed by atoms with E-state index < -0.39 is 6.61 Å². The maximum Gasteiger partial charge on any atom is 0.387 e. The van der Waals surface area contributed by atoms with E-state index >= 15 is 0 Å². The summed E-state index contributed by atoms with van der Waals surface area (Å²) in [6, 6.07) is 25.3. The summed E-state index contributed by atoms with van der Waals surface area (Å²) >= 11 is 0. The summed E-state index contributed by atoms with van der Waals surface area (Å²) in [5, 5.41) is 1.99. The molecule has 0 aliphatic carbocycles. The van der Waals surface area contributed by atoms with Gasteiger partial charge in [-0.3, -0.25) is 4.79 Å². The smallest absolute Gasteiger partial charge is 0.387 e.